The van der Waals surface area contributed by atoms with Crippen LogP contribution in [0, 0.1) is 17.8 Å². The van der Waals surface area contributed by atoms with E-state index in [1.165, 1.54) is 49.6 Å². The van der Waals surface area contributed by atoms with E-state index in [-0.39, 0.29) is 67.2 Å². The number of piperidine rings is 3. The number of nitrogens with zero attached hydrogens (tertiary/aromatic N) is 9. The van der Waals surface area contributed by atoms with Gasteiger partial charge in [0.25, 0.3) is 6.47 Å². The van der Waals surface area contributed by atoms with Gasteiger partial charge in [0, 0.05) is 118 Å². The molecule has 3 aromatic heterocycles. The molecule has 26 heteroatoms. The fourth-order valence-corrected chi connectivity index (χ4v) is 15.5. The van der Waals surface area contributed by atoms with E-state index < -0.39 is 34.6 Å². The molecule has 3 atom stereocenters. The van der Waals surface area contributed by atoms with Crippen LogP contribution in [-0.2, 0) is 26.9 Å². The summed E-state index contributed by atoms with van der Waals surface area (Å²) in [5.74, 6) is 10.4. The molecular formula is C72H94BrN12NaO9S3. The second-order valence-electron chi connectivity index (χ2n) is 28.1. The third-order valence-corrected chi connectivity index (χ3v) is 21.9. The second-order valence-corrected chi connectivity index (χ2v) is 31.2. The number of para-hydroxylation sites is 3. The molecule has 0 unspecified atom stereocenters. The van der Waals surface area contributed by atoms with Gasteiger partial charge >= 0.3 is 41.7 Å². The number of benzene rings is 3. The molecular weight excluding hydrogens is 1380 g/mol. The SMILES string of the molecule is BrCC1CC1.C.CC(C)(C)OC(=O)N[C@@H]1c2ccccc2OC12CCN(c1cnc(SCC3CC3)cn1)CC2.CC(C)(C)OC(=O)N[C@@H]1c2ccccc2OC12CCN(c1cnc([S-])cn1)CC2.N[C@@H]1c2ccccc2OC12CCN(c1cnc(SCC3CC3)cn1)CC2.O=CO.[Na+]. The van der Waals surface area contributed by atoms with E-state index in [0.717, 1.165) is 163 Å². The number of rotatable bonds is 12. The molecule has 0 bridgehead atoms. The quantitative estimate of drug-likeness (QED) is 0.0292. The number of carboxylic acid groups (broad SMARTS) is 1. The number of hydrogen-bond donors (Lipinski definition) is 4. The van der Waals surface area contributed by atoms with Crippen molar-refractivity contribution in [3.8, 4) is 17.2 Å². The average Bonchev–Trinajstić information content (AvgIpc) is 1.60. The predicted molar refractivity (Wildman–Crippen MR) is 385 cm³/mol. The Kier molecular flexibility index (Phi) is 26.2. The van der Waals surface area contributed by atoms with Crippen LogP contribution < -0.4 is 74.8 Å². The van der Waals surface area contributed by atoms with Crippen LogP contribution in [0.15, 0.2) is 125 Å². The van der Waals surface area contributed by atoms with Gasteiger partial charge in [-0.15, -0.1) is 23.5 Å². The maximum Gasteiger partial charge on any atom is 1.00 e. The van der Waals surface area contributed by atoms with E-state index in [0.29, 0.717) is 5.03 Å². The number of halogens is 1. The number of nitrogens with one attached hydrogen (secondary N) is 2. The van der Waals surface area contributed by atoms with Crippen LogP contribution in [0.25, 0.3) is 0 Å². The average molecular weight is 1470 g/mol. The monoisotopic (exact) mass is 1470 g/mol. The number of anilines is 3. The van der Waals surface area contributed by atoms with Gasteiger partial charge in [-0.2, -0.15) is 0 Å². The van der Waals surface area contributed by atoms with Crippen LogP contribution in [0.3, 0.4) is 0 Å². The molecule has 98 heavy (non-hydrogen) atoms. The van der Waals surface area contributed by atoms with Crippen molar-refractivity contribution in [2.24, 2.45) is 23.5 Å². The number of carbonyl (C=O) groups is 3. The van der Waals surface area contributed by atoms with Crippen LogP contribution in [0.1, 0.15) is 161 Å². The Hall–Kier alpha value is -5.93. The fraction of sp³-hybridized carbons (Fsp3) is 0.542. The Balaban J connectivity index is 0.000000162. The number of fused-ring (bicyclic) bond motifs is 3. The summed E-state index contributed by atoms with van der Waals surface area (Å²) in [5.41, 5.74) is 7.29. The fourth-order valence-electron chi connectivity index (χ4n) is 12.8. The number of ether oxygens (including phenoxy) is 5. The normalized spacial score (nSPS) is 20.8. The first-order valence-corrected chi connectivity index (χ1v) is 37.0. The standard InChI is InChI=1S/C25H32N4O3S.C21H26N4O3S.C20H24N4OS.C4H7Br.CH2O2.CH4.Na/c1-24(2,3)32-23(30)28-22-18-6-4-5-7-19(18)31-25(22)10-12-29(13-11-25)20-14-27-21(15-26-20)33-16-17-8-9-17;1-20(2,3)28-19(26)24-18-14-6-4-5-7-15(14)27-21(18)8-10-25(11-9-21)16-12-23-17(29)13-22-16;21-19-15-3-1-2-4-16(15)25-20(19)7-9-24(10-8-20)17-11-23-18(12-22-17)26-13-14-5-6-14;5-3-4-1-2-4;2-1-3;;/h4-7,14-15,17,22H,8-13,16H2,1-3H3,(H,28,30);4-7,12-13,18H,8-11H2,1-3H3,(H,23,29)(H,24,26);1-4,11-12,14,19H,5-10,13,21H2;4H,1-3H2;1H,(H,2,3);1H4;/q;;;;;;+1/p-1/t22-;18-;19-;;;;/m111..../s1. The van der Waals surface area contributed by atoms with E-state index in [1.807, 2.05) is 145 Å². The molecule has 21 nitrogen and oxygen atoms in total. The third-order valence-electron chi connectivity index (χ3n) is 18.5. The van der Waals surface area contributed by atoms with Gasteiger partial charge < -0.3 is 72.5 Å². The minimum absolute atomic E-state index is 0. The van der Waals surface area contributed by atoms with E-state index in [1.54, 1.807) is 24.2 Å². The summed E-state index contributed by atoms with van der Waals surface area (Å²) in [7, 11) is 0. The summed E-state index contributed by atoms with van der Waals surface area (Å²) in [5, 5.41) is 16.8. The van der Waals surface area contributed by atoms with Gasteiger partial charge in [-0.25, -0.2) is 34.5 Å². The number of carbonyl (C=O) groups excluding carboxylic acids is 2. The molecule has 5 N–H and O–H groups in total. The first-order chi connectivity index (χ1) is 46.1. The maximum atomic E-state index is 12.6. The van der Waals surface area contributed by atoms with Crippen LogP contribution in [0.4, 0.5) is 27.0 Å². The zero-order chi connectivity index (χ0) is 67.7. The van der Waals surface area contributed by atoms with Gasteiger partial charge in [-0.1, -0.05) is 83.0 Å². The second kappa shape index (κ2) is 33.7. The molecule has 6 fully saturated rings. The number of alkyl halides is 1. The summed E-state index contributed by atoms with van der Waals surface area (Å²) in [4.78, 5) is 67.4. The van der Waals surface area contributed by atoms with Crippen molar-refractivity contribution in [1.82, 2.24) is 40.5 Å². The topological polar surface area (TPSA) is 255 Å². The van der Waals surface area contributed by atoms with E-state index in [2.05, 4.69) is 77.2 Å². The number of hydrogen-bond acceptors (Lipinski definition) is 21. The molecule has 9 aliphatic rings. The minimum Gasteiger partial charge on any atom is -0.759 e. The molecule has 3 aromatic carbocycles. The third kappa shape index (κ3) is 20.0. The van der Waals surface area contributed by atoms with Gasteiger partial charge in [-0.3, -0.25) is 9.78 Å². The van der Waals surface area contributed by atoms with Gasteiger partial charge in [0.2, 0.25) is 0 Å². The zero-order valence-electron chi connectivity index (χ0n) is 56.7. The minimum atomic E-state index is -0.560. The first kappa shape index (κ1) is 76.3. The van der Waals surface area contributed by atoms with Crippen molar-refractivity contribution in [3.05, 3.63) is 127 Å². The summed E-state index contributed by atoms with van der Waals surface area (Å²) < 4.78 is 30.3. The Labute approximate surface area is 622 Å². The summed E-state index contributed by atoms with van der Waals surface area (Å²) in [6.07, 6.45) is 23.3. The van der Waals surface area contributed by atoms with E-state index in [4.69, 9.17) is 51.9 Å². The summed E-state index contributed by atoms with van der Waals surface area (Å²) in [6.45, 7) is 15.8. The molecule has 15 rings (SSSR count). The van der Waals surface area contributed by atoms with Crippen LogP contribution >= 0.6 is 39.5 Å². The molecule has 3 saturated heterocycles. The molecule has 0 radical (unpaired) electrons. The molecule has 522 valence electrons. The number of aromatic nitrogens is 6. The van der Waals surface area contributed by atoms with Crippen molar-refractivity contribution in [3.63, 3.8) is 0 Å². The van der Waals surface area contributed by atoms with Crippen LogP contribution in [-0.4, -0.2) is 138 Å². The Morgan fingerprint density at radius 1 is 0.571 bits per heavy atom. The van der Waals surface area contributed by atoms with Gasteiger partial charge in [0.15, 0.2) is 0 Å². The number of alkyl carbamates (subject to hydrolysis) is 2. The van der Waals surface area contributed by atoms with Gasteiger partial charge in [0.05, 0.1) is 37.0 Å². The summed E-state index contributed by atoms with van der Waals surface area (Å²) >= 11 is 12.0. The van der Waals surface area contributed by atoms with E-state index >= 15 is 0 Å². The van der Waals surface area contributed by atoms with Crippen molar-refractivity contribution in [2.45, 2.75) is 187 Å². The largest absolute Gasteiger partial charge is 1.00 e. The smallest absolute Gasteiger partial charge is 0.759 e. The van der Waals surface area contributed by atoms with Crippen molar-refractivity contribution >= 4 is 88.2 Å². The Morgan fingerprint density at radius 2 is 0.908 bits per heavy atom. The molecule has 2 amide bonds. The molecule has 3 spiro atoms. The van der Waals surface area contributed by atoms with E-state index in [9.17, 15) is 9.59 Å². The number of nitrogens with two attached hydrogens (primary N) is 1. The van der Waals surface area contributed by atoms with Gasteiger partial charge in [0.1, 0.15) is 84.8 Å². The zero-order valence-corrected chi connectivity index (χ0v) is 62.7. The molecule has 6 aliphatic heterocycles. The number of thioether (sulfide) groups is 2. The number of amides is 2. The summed E-state index contributed by atoms with van der Waals surface area (Å²) in [6, 6.07) is 23.4. The van der Waals surface area contributed by atoms with Crippen molar-refractivity contribution in [2.75, 3.05) is 70.8 Å². The molecule has 3 aliphatic carbocycles. The van der Waals surface area contributed by atoms with Crippen LogP contribution in [0.5, 0.6) is 17.2 Å². The Morgan fingerprint density at radius 3 is 1.22 bits per heavy atom. The molecule has 6 aromatic rings. The van der Waals surface area contributed by atoms with Gasteiger partial charge in [-0.05, 0) is 116 Å². The molecule has 9 heterocycles. The maximum absolute atomic E-state index is 12.6. The Bertz CT molecular complexity index is 3560. The first-order valence-electron chi connectivity index (χ1n) is 33.5. The molecule has 3 saturated carbocycles. The predicted octanol–water partition coefficient (Wildman–Crippen LogP) is 10.9. The van der Waals surface area contributed by atoms with Crippen molar-refractivity contribution in [1.29, 1.82) is 0 Å². The van der Waals surface area contributed by atoms with Crippen molar-refractivity contribution < 1.29 is 72.7 Å². The van der Waals surface area contributed by atoms with Crippen LogP contribution in [0.2, 0.25) is 0 Å².